The summed E-state index contributed by atoms with van der Waals surface area (Å²) in [6.07, 6.45) is 0. The summed E-state index contributed by atoms with van der Waals surface area (Å²) in [6, 6.07) is 9.82. The number of pyridine rings is 1. The van der Waals surface area contributed by atoms with E-state index < -0.39 is 0 Å². The normalized spacial score (nSPS) is 10.3. The maximum absolute atomic E-state index is 11.5. The number of hydrogen-bond acceptors (Lipinski definition) is 3. The molecule has 3 N–H and O–H groups in total. The second-order valence-electron chi connectivity index (χ2n) is 4.62. The summed E-state index contributed by atoms with van der Waals surface area (Å²) >= 11 is 0. The molecule has 0 saturated heterocycles. The highest BCUT2D eigenvalue weighted by atomic mass is 16.2. The van der Waals surface area contributed by atoms with E-state index in [-0.39, 0.29) is 5.91 Å². The van der Waals surface area contributed by atoms with Gasteiger partial charge in [-0.1, -0.05) is 23.8 Å². The molecule has 19 heavy (non-hydrogen) atoms. The second kappa shape index (κ2) is 5.20. The van der Waals surface area contributed by atoms with Crippen LogP contribution in [0.15, 0.2) is 30.3 Å². The van der Waals surface area contributed by atoms with E-state index in [9.17, 15) is 4.79 Å². The Balaban J connectivity index is 2.47. The average molecular weight is 255 g/mol. The maximum Gasteiger partial charge on any atom is 0.267 e. The third-order valence-electron chi connectivity index (χ3n) is 3.12. The first-order valence-corrected chi connectivity index (χ1v) is 6.09. The smallest absolute Gasteiger partial charge is 0.267 e. The van der Waals surface area contributed by atoms with E-state index >= 15 is 0 Å². The van der Waals surface area contributed by atoms with E-state index in [0.29, 0.717) is 11.3 Å². The third-order valence-corrected chi connectivity index (χ3v) is 3.12. The van der Waals surface area contributed by atoms with Crippen LogP contribution in [0.5, 0.6) is 0 Å². The molecule has 1 aromatic carbocycles. The Hall–Kier alpha value is -2.20. The molecule has 4 heteroatoms. The van der Waals surface area contributed by atoms with E-state index in [4.69, 9.17) is 5.84 Å². The molecule has 4 nitrogen and oxygen atoms in total. The van der Waals surface area contributed by atoms with Crippen molar-refractivity contribution in [2.75, 3.05) is 0 Å². The van der Waals surface area contributed by atoms with Gasteiger partial charge >= 0.3 is 0 Å². The van der Waals surface area contributed by atoms with Crippen LogP contribution in [0.3, 0.4) is 0 Å². The first kappa shape index (κ1) is 13.2. The Kier molecular flexibility index (Phi) is 3.62. The van der Waals surface area contributed by atoms with Crippen LogP contribution in [-0.2, 0) is 0 Å². The lowest BCUT2D eigenvalue weighted by molar-refractivity contribution is 0.0952. The van der Waals surface area contributed by atoms with E-state index in [1.54, 1.807) is 13.0 Å². The molecule has 0 unspecified atom stereocenters. The van der Waals surface area contributed by atoms with Gasteiger partial charge in [-0.3, -0.25) is 15.2 Å². The number of nitrogen functional groups attached to an aromatic ring is 1. The van der Waals surface area contributed by atoms with E-state index in [0.717, 1.165) is 11.3 Å². The fourth-order valence-electron chi connectivity index (χ4n) is 2.13. The second-order valence-corrected chi connectivity index (χ2v) is 4.62. The minimum absolute atomic E-state index is 0.322. The first-order valence-electron chi connectivity index (χ1n) is 6.09. The van der Waals surface area contributed by atoms with Crippen LogP contribution >= 0.6 is 0 Å². The summed E-state index contributed by atoms with van der Waals surface area (Å²) in [5.74, 6) is 4.81. The van der Waals surface area contributed by atoms with Crippen molar-refractivity contribution < 1.29 is 4.79 Å². The highest BCUT2D eigenvalue weighted by Gasteiger charge is 2.11. The number of hydrazine groups is 1. The van der Waals surface area contributed by atoms with Crippen LogP contribution in [0.2, 0.25) is 0 Å². The molecule has 0 spiro atoms. The van der Waals surface area contributed by atoms with Crippen LogP contribution < -0.4 is 11.3 Å². The van der Waals surface area contributed by atoms with Crippen LogP contribution in [0.4, 0.5) is 0 Å². The summed E-state index contributed by atoms with van der Waals surface area (Å²) < 4.78 is 0. The van der Waals surface area contributed by atoms with Crippen molar-refractivity contribution in [2.24, 2.45) is 5.84 Å². The number of amides is 1. The highest BCUT2D eigenvalue weighted by Crippen LogP contribution is 2.23. The Morgan fingerprint density at radius 2 is 1.89 bits per heavy atom. The molecule has 1 amide bonds. The number of aryl methyl sites for hydroxylation is 3. The Morgan fingerprint density at radius 3 is 2.47 bits per heavy atom. The van der Waals surface area contributed by atoms with Crippen molar-refractivity contribution in [1.82, 2.24) is 10.4 Å². The van der Waals surface area contributed by atoms with Gasteiger partial charge in [0.2, 0.25) is 0 Å². The van der Waals surface area contributed by atoms with E-state index in [1.165, 1.54) is 11.1 Å². The first-order chi connectivity index (χ1) is 9.02. The summed E-state index contributed by atoms with van der Waals surface area (Å²) in [7, 11) is 0. The predicted molar refractivity (Wildman–Crippen MR) is 75.5 cm³/mol. The summed E-state index contributed by atoms with van der Waals surface area (Å²) in [5, 5.41) is 0. The lowest BCUT2D eigenvalue weighted by Gasteiger charge is -2.09. The zero-order chi connectivity index (χ0) is 14.0. The number of nitrogens with one attached hydrogen (secondary N) is 1. The largest absolute Gasteiger partial charge is 0.290 e. The molecular weight excluding hydrogens is 238 g/mol. The van der Waals surface area contributed by atoms with Gasteiger partial charge in [-0.25, -0.2) is 5.84 Å². The van der Waals surface area contributed by atoms with Crippen LogP contribution in [0.25, 0.3) is 11.3 Å². The number of hydrogen-bond donors (Lipinski definition) is 2. The Labute approximate surface area is 112 Å². The molecular formula is C15H17N3O. The molecule has 0 aliphatic heterocycles. The van der Waals surface area contributed by atoms with Gasteiger partial charge in [-0.05, 0) is 38.5 Å². The van der Waals surface area contributed by atoms with Crippen molar-refractivity contribution in [1.29, 1.82) is 0 Å². The lowest BCUT2D eigenvalue weighted by Crippen LogP contribution is -2.30. The maximum atomic E-state index is 11.5. The van der Waals surface area contributed by atoms with E-state index in [1.807, 2.05) is 6.07 Å². The number of benzene rings is 1. The van der Waals surface area contributed by atoms with Crippen molar-refractivity contribution in [3.05, 3.63) is 52.7 Å². The average Bonchev–Trinajstić information content (AvgIpc) is 2.37. The fraction of sp³-hybridized carbons (Fsp3) is 0.200. The van der Waals surface area contributed by atoms with Crippen molar-refractivity contribution in [3.63, 3.8) is 0 Å². The molecule has 0 aliphatic carbocycles. The molecule has 0 aliphatic rings. The van der Waals surface area contributed by atoms with Crippen LogP contribution in [0.1, 0.15) is 27.2 Å². The third kappa shape index (κ3) is 2.63. The highest BCUT2D eigenvalue weighted by molar-refractivity contribution is 5.95. The van der Waals surface area contributed by atoms with Crippen molar-refractivity contribution in [2.45, 2.75) is 20.8 Å². The monoisotopic (exact) mass is 255 g/mol. The molecule has 0 atom stereocenters. The zero-order valence-corrected chi connectivity index (χ0v) is 11.3. The predicted octanol–water partition coefficient (Wildman–Crippen LogP) is 2.28. The van der Waals surface area contributed by atoms with Gasteiger partial charge in [0.15, 0.2) is 0 Å². The SMILES string of the molecule is Cc1ccc(-c2ccc(C(=O)NN)c(C)n2)c(C)c1. The van der Waals surface area contributed by atoms with Gasteiger partial charge in [0, 0.05) is 5.56 Å². The number of nitrogens with zero attached hydrogens (tertiary/aromatic N) is 1. The molecule has 0 fully saturated rings. The number of carbonyl (C=O) groups is 1. The minimum atomic E-state index is -0.322. The van der Waals surface area contributed by atoms with Gasteiger partial charge in [-0.15, -0.1) is 0 Å². The lowest BCUT2D eigenvalue weighted by atomic mass is 10.0. The molecule has 0 radical (unpaired) electrons. The zero-order valence-electron chi connectivity index (χ0n) is 11.3. The fourth-order valence-corrected chi connectivity index (χ4v) is 2.13. The molecule has 1 aromatic heterocycles. The number of nitrogens with two attached hydrogens (primary N) is 1. The van der Waals surface area contributed by atoms with Gasteiger partial charge in [0.1, 0.15) is 0 Å². The summed E-state index contributed by atoms with van der Waals surface area (Å²) in [6.45, 7) is 5.92. The van der Waals surface area contributed by atoms with Gasteiger partial charge in [0.05, 0.1) is 17.0 Å². The minimum Gasteiger partial charge on any atom is -0.290 e. The quantitative estimate of drug-likeness (QED) is 0.491. The van der Waals surface area contributed by atoms with Gasteiger partial charge in [0.25, 0.3) is 5.91 Å². The topological polar surface area (TPSA) is 68.0 Å². The molecule has 0 saturated carbocycles. The Bertz CT molecular complexity index is 635. The molecule has 98 valence electrons. The number of carbonyl (C=O) groups excluding carboxylic acids is 1. The number of rotatable bonds is 2. The standard InChI is InChI=1S/C15H17N3O/c1-9-4-5-12(10(2)8-9)14-7-6-13(11(3)17-14)15(19)18-16/h4-8H,16H2,1-3H3,(H,18,19). The van der Waals surface area contributed by atoms with Crippen molar-refractivity contribution >= 4 is 5.91 Å². The van der Waals surface area contributed by atoms with Crippen LogP contribution in [0, 0.1) is 20.8 Å². The molecule has 1 heterocycles. The van der Waals surface area contributed by atoms with Crippen LogP contribution in [-0.4, -0.2) is 10.9 Å². The van der Waals surface area contributed by atoms with E-state index in [2.05, 4.69) is 42.5 Å². The summed E-state index contributed by atoms with van der Waals surface area (Å²) in [4.78, 5) is 16.0. The molecule has 2 rings (SSSR count). The van der Waals surface area contributed by atoms with Crippen molar-refractivity contribution in [3.8, 4) is 11.3 Å². The summed E-state index contributed by atoms with van der Waals surface area (Å²) in [5.41, 5.74) is 7.62. The molecule has 2 aromatic rings. The Morgan fingerprint density at radius 1 is 1.16 bits per heavy atom. The van der Waals surface area contributed by atoms with Gasteiger partial charge in [-0.2, -0.15) is 0 Å². The molecule has 0 bridgehead atoms. The number of aromatic nitrogens is 1. The van der Waals surface area contributed by atoms with Gasteiger partial charge < -0.3 is 0 Å².